The molecule has 1 aliphatic heterocycles. The minimum Gasteiger partial charge on any atom is -0.508 e. The zero-order valence-electron chi connectivity index (χ0n) is 16.5. The Morgan fingerprint density at radius 2 is 2.17 bits per heavy atom. The van der Waals surface area contributed by atoms with Crippen LogP contribution < -0.4 is 5.73 Å². The number of amides is 1. The number of nitrogens with one attached hydrogen (secondary N) is 1. The van der Waals surface area contributed by atoms with E-state index in [1.807, 2.05) is 6.07 Å². The highest BCUT2D eigenvalue weighted by molar-refractivity contribution is 5.93. The molecule has 0 fully saturated rings. The molecule has 0 radical (unpaired) electrons. The van der Waals surface area contributed by atoms with Crippen LogP contribution in [0.4, 0.5) is 5.95 Å². The molecular formula is C21H24N6O2. The van der Waals surface area contributed by atoms with E-state index in [0.29, 0.717) is 24.7 Å². The van der Waals surface area contributed by atoms with Gasteiger partial charge in [-0.1, -0.05) is 26.0 Å². The number of nitrogen functional groups attached to an aromatic ring is 1. The molecule has 8 nitrogen and oxygen atoms in total. The molecule has 0 saturated carbocycles. The van der Waals surface area contributed by atoms with Crippen molar-refractivity contribution in [3.8, 4) is 5.75 Å². The lowest BCUT2D eigenvalue weighted by Gasteiger charge is -2.32. The van der Waals surface area contributed by atoms with Crippen LogP contribution in [0.2, 0.25) is 0 Å². The van der Waals surface area contributed by atoms with Crippen LogP contribution >= 0.6 is 0 Å². The maximum Gasteiger partial charge on any atom is 0.273 e. The number of aromatic hydroxyl groups is 1. The van der Waals surface area contributed by atoms with Gasteiger partial charge in [0.05, 0.1) is 24.3 Å². The molecule has 2 aromatic heterocycles. The number of phenols is 1. The normalized spacial score (nSPS) is 16.1. The van der Waals surface area contributed by atoms with Crippen molar-refractivity contribution >= 4 is 11.9 Å². The number of aromatic nitrogens is 4. The first-order chi connectivity index (χ1) is 13.9. The number of fused-ring (bicyclic) bond motifs is 1. The van der Waals surface area contributed by atoms with Gasteiger partial charge in [0.1, 0.15) is 11.4 Å². The Labute approximate surface area is 168 Å². The summed E-state index contributed by atoms with van der Waals surface area (Å²) in [5.41, 5.74) is 9.59. The highest BCUT2D eigenvalue weighted by Gasteiger charge is 2.32. The number of hydrogen-bond donors (Lipinski definition) is 3. The van der Waals surface area contributed by atoms with Crippen molar-refractivity contribution in [3.63, 3.8) is 0 Å². The Hall–Kier alpha value is -3.42. The van der Waals surface area contributed by atoms with Crippen molar-refractivity contribution in [2.24, 2.45) is 5.92 Å². The fraction of sp³-hybridized carbons (Fsp3) is 0.333. The van der Waals surface area contributed by atoms with E-state index < -0.39 is 0 Å². The fourth-order valence-corrected chi connectivity index (χ4v) is 3.79. The van der Waals surface area contributed by atoms with Crippen LogP contribution in [0.5, 0.6) is 5.75 Å². The summed E-state index contributed by atoms with van der Waals surface area (Å²) in [6, 6.07) is 8.78. The maximum absolute atomic E-state index is 13.3. The molecule has 4 rings (SSSR count). The van der Waals surface area contributed by atoms with Gasteiger partial charge in [-0.25, -0.2) is 15.0 Å². The number of carbonyl (C=O) groups excluding carboxylic acids is 1. The van der Waals surface area contributed by atoms with Crippen molar-refractivity contribution in [1.29, 1.82) is 0 Å². The highest BCUT2D eigenvalue weighted by Crippen LogP contribution is 2.33. The van der Waals surface area contributed by atoms with E-state index in [4.69, 9.17) is 5.73 Å². The van der Waals surface area contributed by atoms with Gasteiger partial charge in [0.15, 0.2) is 0 Å². The Kier molecular flexibility index (Phi) is 4.92. The molecule has 150 valence electrons. The van der Waals surface area contributed by atoms with Crippen molar-refractivity contribution in [1.82, 2.24) is 24.8 Å². The van der Waals surface area contributed by atoms with Crippen molar-refractivity contribution in [2.45, 2.75) is 32.7 Å². The van der Waals surface area contributed by atoms with E-state index in [1.54, 1.807) is 35.5 Å². The molecule has 29 heavy (non-hydrogen) atoms. The number of benzene rings is 1. The van der Waals surface area contributed by atoms with Gasteiger partial charge >= 0.3 is 0 Å². The Balaban J connectivity index is 1.66. The van der Waals surface area contributed by atoms with Crippen molar-refractivity contribution < 1.29 is 9.90 Å². The number of nitrogens with two attached hydrogens (primary N) is 1. The third-order valence-electron chi connectivity index (χ3n) is 5.03. The number of aromatic amines is 1. The van der Waals surface area contributed by atoms with Crippen LogP contribution in [0.25, 0.3) is 0 Å². The van der Waals surface area contributed by atoms with E-state index >= 15 is 0 Å². The SMILES string of the molecule is CC(C)Cc1cc(C(=O)N2Cc3[nH]cnc3C(c3cccc(O)c3)C2)nc(N)n1. The molecule has 4 N–H and O–H groups in total. The highest BCUT2D eigenvalue weighted by atomic mass is 16.3. The van der Waals surface area contributed by atoms with E-state index in [0.717, 1.165) is 29.1 Å². The summed E-state index contributed by atoms with van der Waals surface area (Å²) in [7, 11) is 0. The minimum atomic E-state index is -0.200. The molecule has 0 spiro atoms. The number of anilines is 1. The molecule has 3 aromatic rings. The molecular weight excluding hydrogens is 368 g/mol. The summed E-state index contributed by atoms with van der Waals surface area (Å²) in [6.45, 7) is 5.02. The summed E-state index contributed by atoms with van der Waals surface area (Å²) in [4.78, 5) is 31.0. The molecule has 1 atom stereocenters. The number of H-pyrrole nitrogens is 1. The first-order valence-corrected chi connectivity index (χ1v) is 9.64. The zero-order chi connectivity index (χ0) is 20.5. The lowest BCUT2D eigenvalue weighted by atomic mass is 9.90. The summed E-state index contributed by atoms with van der Waals surface area (Å²) in [5.74, 6) is 0.343. The molecule has 3 heterocycles. The summed E-state index contributed by atoms with van der Waals surface area (Å²) < 4.78 is 0. The lowest BCUT2D eigenvalue weighted by Crippen LogP contribution is -2.39. The Morgan fingerprint density at radius 1 is 1.34 bits per heavy atom. The summed E-state index contributed by atoms with van der Waals surface area (Å²) in [6.07, 6.45) is 2.36. The average molecular weight is 392 g/mol. The number of imidazole rings is 1. The van der Waals surface area contributed by atoms with Gasteiger partial charge in [0, 0.05) is 18.2 Å². The second-order valence-corrected chi connectivity index (χ2v) is 7.80. The van der Waals surface area contributed by atoms with Gasteiger partial charge in [0.2, 0.25) is 5.95 Å². The largest absolute Gasteiger partial charge is 0.508 e. The predicted molar refractivity (Wildman–Crippen MR) is 108 cm³/mol. The van der Waals surface area contributed by atoms with Gasteiger partial charge in [0.25, 0.3) is 5.91 Å². The van der Waals surface area contributed by atoms with Crippen molar-refractivity contribution in [2.75, 3.05) is 12.3 Å². The van der Waals surface area contributed by atoms with E-state index in [-0.39, 0.29) is 23.5 Å². The fourth-order valence-electron chi connectivity index (χ4n) is 3.79. The zero-order valence-corrected chi connectivity index (χ0v) is 16.5. The van der Waals surface area contributed by atoms with Crippen LogP contribution in [0.1, 0.15) is 52.9 Å². The van der Waals surface area contributed by atoms with Crippen LogP contribution in [0.15, 0.2) is 36.7 Å². The molecule has 1 aliphatic rings. The Morgan fingerprint density at radius 3 is 2.93 bits per heavy atom. The first kappa shape index (κ1) is 18.9. The van der Waals surface area contributed by atoms with Crippen LogP contribution in [-0.4, -0.2) is 42.4 Å². The van der Waals surface area contributed by atoms with E-state index in [9.17, 15) is 9.90 Å². The molecule has 1 amide bonds. The number of phenolic OH excluding ortho intramolecular Hbond substituents is 1. The second kappa shape index (κ2) is 7.54. The molecule has 1 aromatic carbocycles. The van der Waals surface area contributed by atoms with Gasteiger partial charge in [-0.2, -0.15) is 0 Å². The number of nitrogens with zero attached hydrogens (tertiary/aromatic N) is 4. The van der Waals surface area contributed by atoms with Gasteiger partial charge in [-0.05, 0) is 36.1 Å². The van der Waals surface area contributed by atoms with Crippen LogP contribution in [0, 0.1) is 5.92 Å². The first-order valence-electron chi connectivity index (χ1n) is 9.64. The topological polar surface area (TPSA) is 121 Å². The van der Waals surface area contributed by atoms with Gasteiger partial charge < -0.3 is 20.7 Å². The van der Waals surface area contributed by atoms with Crippen molar-refractivity contribution in [3.05, 3.63) is 65.0 Å². The van der Waals surface area contributed by atoms with Gasteiger partial charge in [-0.15, -0.1) is 0 Å². The average Bonchev–Trinajstić information content (AvgIpc) is 3.14. The Bertz CT molecular complexity index is 1050. The molecule has 8 heteroatoms. The standard InChI is InChI=1S/C21H24N6O2/c1-12(2)6-14-8-17(26-21(22)25-14)20(29)27-9-16(13-4-3-5-15(28)7-13)19-18(10-27)23-11-24-19/h3-5,7-8,11-12,16,28H,6,9-10H2,1-2H3,(H,23,24)(H2,22,25,26). The number of carbonyl (C=O) groups is 1. The van der Waals surface area contributed by atoms with Gasteiger partial charge in [-0.3, -0.25) is 4.79 Å². The third kappa shape index (κ3) is 3.91. The molecule has 0 saturated heterocycles. The van der Waals surface area contributed by atoms with E-state index in [2.05, 4.69) is 33.8 Å². The molecule has 0 aliphatic carbocycles. The molecule has 0 bridgehead atoms. The number of hydrogen-bond acceptors (Lipinski definition) is 6. The van der Waals surface area contributed by atoms with Crippen LogP contribution in [-0.2, 0) is 13.0 Å². The predicted octanol–water partition coefficient (Wildman–Crippen LogP) is 2.47. The van der Waals surface area contributed by atoms with E-state index in [1.165, 1.54) is 0 Å². The maximum atomic E-state index is 13.3. The molecule has 1 unspecified atom stereocenters. The third-order valence-corrected chi connectivity index (χ3v) is 5.03. The quantitative estimate of drug-likeness (QED) is 0.627. The minimum absolute atomic E-state index is 0.107. The summed E-state index contributed by atoms with van der Waals surface area (Å²) in [5, 5.41) is 9.89. The number of rotatable bonds is 4. The lowest BCUT2D eigenvalue weighted by molar-refractivity contribution is 0.0715. The smallest absolute Gasteiger partial charge is 0.273 e. The monoisotopic (exact) mass is 392 g/mol. The summed E-state index contributed by atoms with van der Waals surface area (Å²) >= 11 is 0. The van der Waals surface area contributed by atoms with Crippen LogP contribution in [0.3, 0.4) is 0 Å². The second-order valence-electron chi connectivity index (χ2n) is 7.80.